The highest BCUT2D eigenvalue weighted by Crippen LogP contribution is 2.34. The average Bonchev–Trinajstić information content (AvgIpc) is 3.08. The standard InChI is InChI=1S/C14H19N5/c1-18-8-11(7-15)5-14(18)12-3-2-4-13(6-12)19-10-16-9-17-19/h2-4,6,9-11,14H,5,7-8,15H2,1H3. The molecule has 2 aromatic rings. The lowest BCUT2D eigenvalue weighted by Gasteiger charge is -2.20. The maximum atomic E-state index is 5.79. The number of aromatic nitrogens is 3. The van der Waals surface area contributed by atoms with Crippen LogP contribution in [0.15, 0.2) is 36.9 Å². The van der Waals surface area contributed by atoms with Crippen LogP contribution >= 0.6 is 0 Å². The van der Waals surface area contributed by atoms with Gasteiger partial charge in [0.15, 0.2) is 0 Å². The van der Waals surface area contributed by atoms with Crippen LogP contribution in [0.3, 0.4) is 0 Å². The average molecular weight is 257 g/mol. The Balaban J connectivity index is 1.88. The van der Waals surface area contributed by atoms with Crippen molar-refractivity contribution in [1.82, 2.24) is 19.7 Å². The molecule has 0 bridgehead atoms. The Labute approximate surface area is 113 Å². The third-order valence-corrected chi connectivity index (χ3v) is 3.91. The fraction of sp³-hybridized carbons (Fsp3) is 0.429. The molecular formula is C14H19N5. The van der Waals surface area contributed by atoms with Gasteiger partial charge >= 0.3 is 0 Å². The Bertz CT molecular complexity index is 537. The summed E-state index contributed by atoms with van der Waals surface area (Å²) in [4.78, 5) is 6.38. The molecule has 3 rings (SSSR count). The van der Waals surface area contributed by atoms with Crippen molar-refractivity contribution in [2.75, 3.05) is 20.1 Å². The Kier molecular flexibility index (Phi) is 3.31. The molecule has 1 aliphatic heterocycles. The van der Waals surface area contributed by atoms with E-state index in [1.165, 1.54) is 5.56 Å². The zero-order valence-corrected chi connectivity index (χ0v) is 11.1. The molecular weight excluding hydrogens is 238 g/mol. The van der Waals surface area contributed by atoms with E-state index in [9.17, 15) is 0 Å². The van der Waals surface area contributed by atoms with Crippen molar-refractivity contribution in [1.29, 1.82) is 0 Å². The third-order valence-electron chi connectivity index (χ3n) is 3.91. The van der Waals surface area contributed by atoms with Crippen LogP contribution in [0, 0.1) is 5.92 Å². The highest BCUT2D eigenvalue weighted by Gasteiger charge is 2.29. The van der Waals surface area contributed by atoms with E-state index in [0.29, 0.717) is 12.0 Å². The van der Waals surface area contributed by atoms with Gasteiger partial charge in [-0.25, -0.2) is 9.67 Å². The summed E-state index contributed by atoms with van der Waals surface area (Å²) in [6, 6.07) is 8.95. The van der Waals surface area contributed by atoms with E-state index in [-0.39, 0.29) is 0 Å². The van der Waals surface area contributed by atoms with Crippen LogP contribution in [-0.4, -0.2) is 39.8 Å². The lowest BCUT2D eigenvalue weighted by molar-refractivity contribution is 0.313. The summed E-state index contributed by atoms with van der Waals surface area (Å²) in [5, 5.41) is 4.18. The largest absolute Gasteiger partial charge is 0.330 e. The Morgan fingerprint density at radius 1 is 1.42 bits per heavy atom. The van der Waals surface area contributed by atoms with Gasteiger partial charge < -0.3 is 5.73 Å². The van der Waals surface area contributed by atoms with Gasteiger partial charge in [-0.3, -0.25) is 4.90 Å². The number of likely N-dealkylation sites (tertiary alicyclic amines) is 1. The van der Waals surface area contributed by atoms with Crippen LogP contribution in [0.5, 0.6) is 0 Å². The topological polar surface area (TPSA) is 60.0 Å². The summed E-state index contributed by atoms with van der Waals surface area (Å²) in [5.74, 6) is 0.602. The molecule has 1 aromatic carbocycles. The zero-order chi connectivity index (χ0) is 13.2. The van der Waals surface area contributed by atoms with Gasteiger partial charge in [-0.05, 0) is 43.6 Å². The summed E-state index contributed by atoms with van der Waals surface area (Å²) < 4.78 is 1.79. The predicted octanol–water partition coefficient (Wildman–Crippen LogP) is 1.22. The molecule has 0 aliphatic carbocycles. The second-order valence-corrected chi connectivity index (χ2v) is 5.23. The van der Waals surface area contributed by atoms with Crippen LogP contribution in [0.2, 0.25) is 0 Å². The minimum Gasteiger partial charge on any atom is -0.330 e. The first-order chi connectivity index (χ1) is 9.28. The summed E-state index contributed by atoms with van der Waals surface area (Å²) in [5.41, 5.74) is 8.17. The van der Waals surface area contributed by atoms with E-state index in [2.05, 4.69) is 40.2 Å². The van der Waals surface area contributed by atoms with Gasteiger partial charge in [0.25, 0.3) is 0 Å². The van der Waals surface area contributed by atoms with E-state index in [1.54, 1.807) is 17.3 Å². The second-order valence-electron chi connectivity index (χ2n) is 5.23. The molecule has 5 heteroatoms. The lowest BCUT2D eigenvalue weighted by atomic mass is 9.99. The first kappa shape index (κ1) is 12.3. The number of nitrogens with zero attached hydrogens (tertiary/aromatic N) is 4. The highest BCUT2D eigenvalue weighted by molar-refractivity contribution is 5.36. The Hall–Kier alpha value is -1.72. The molecule has 100 valence electrons. The highest BCUT2D eigenvalue weighted by atomic mass is 15.3. The molecule has 2 N–H and O–H groups in total. The first-order valence-corrected chi connectivity index (χ1v) is 6.63. The number of rotatable bonds is 3. The first-order valence-electron chi connectivity index (χ1n) is 6.63. The summed E-state index contributed by atoms with van der Waals surface area (Å²) in [7, 11) is 2.17. The van der Waals surface area contributed by atoms with Crippen molar-refractivity contribution in [3.63, 3.8) is 0 Å². The number of hydrogen-bond acceptors (Lipinski definition) is 4. The quantitative estimate of drug-likeness (QED) is 0.898. The number of hydrogen-bond donors (Lipinski definition) is 1. The molecule has 0 amide bonds. The fourth-order valence-corrected chi connectivity index (χ4v) is 2.88. The fourth-order valence-electron chi connectivity index (χ4n) is 2.88. The summed E-state index contributed by atoms with van der Waals surface area (Å²) in [6.07, 6.45) is 4.41. The van der Waals surface area contributed by atoms with Crippen molar-refractivity contribution in [3.05, 3.63) is 42.5 Å². The molecule has 19 heavy (non-hydrogen) atoms. The van der Waals surface area contributed by atoms with E-state index < -0.39 is 0 Å². The molecule has 1 aliphatic rings. The normalized spacial score (nSPS) is 23.9. The molecule has 0 saturated carbocycles. The minimum atomic E-state index is 0.456. The van der Waals surface area contributed by atoms with Gasteiger partial charge in [0.05, 0.1) is 5.69 Å². The molecule has 1 fully saturated rings. The molecule has 2 unspecified atom stereocenters. The molecule has 0 radical (unpaired) electrons. The molecule has 5 nitrogen and oxygen atoms in total. The molecule has 0 spiro atoms. The third kappa shape index (κ3) is 2.39. The van der Waals surface area contributed by atoms with Crippen molar-refractivity contribution in [3.8, 4) is 5.69 Å². The maximum Gasteiger partial charge on any atom is 0.138 e. The summed E-state index contributed by atoms with van der Waals surface area (Å²) >= 11 is 0. The van der Waals surface area contributed by atoms with Gasteiger partial charge in [0, 0.05) is 12.6 Å². The van der Waals surface area contributed by atoms with Crippen LogP contribution in [0.1, 0.15) is 18.0 Å². The van der Waals surface area contributed by atoms with Crippen molar-refractivity contribution < 1.29 is 0 Å². The van der Waals surface area contributed by atoms with Gasteiger partial charge in [0.2, 0.25) is 0 Å². The van der Waals surface area contributed by atoms with E-state index in [1.807, 2.05) is 6.07 Å². The van der Waals surface area contributed by atoms with Gasteiger partial charge in [-0.1, -0.05) is 12.1 Å². The number of benzene rings is 1. The van der Waals surface area contributed by atoms with E-state index >= 15 is 0 Å². The maximum absolute atomic E-state index is 5.79. The van der Waals surface area contributed by atoms with E-state index in [0.717, 1.165) is 25.2 Å². The van der Waals surface area contributed by atoms with Gasteiger partial charge in [-0.15, -0.1) is 0 Å². The SMILES string of the molecule is CN1CC(CN)CC1c1cccc(-n2cncn2)c1. The van der Waals surface area contributed by atoms with Crippen molar-refractivity contribution in [2.45, 2.75) is 12.5 Å². The molecule has 2 atom stereocenters. The van der Waals surface area contributed by atoms with Crippen LogP contribution < -0.4 is 5.73 Å². The molecule has 1 saturated heterocycles. The zero-order valence-electron chi connectivity index (χ0n) is 11.1. The Morgan fingerprint density at radius 3 is 3.00 bits per heavy atom. The second kappa shape index (κ2) is 5.11. The van der Waals surface area contributed by atoms with Gasteiger partial charge in [0.1, 0.15) is 12.7 Å². The molecule has 1 aromatic heterocycles. The van der Waals surface area contributed by atoms with Crippen LogP contribution in [0.4, 0.5) is 0 Å². The van der Waals surface area contributed by atoms with Crippen LogP contribution in [-0.2, 0) is 0 Å². The van der Waals surface area contributed by atoms with Crippen LogP contribution in [0.25, 0.3) is 5.69 Å². The van der Waals surface area contributed by atoms with E-state index in [4.69, 9.17) is 5.73 Å². The minimum absolute atomic E-state index is 0.456. The smallest absolute Gasteiger partial charge is 0.138 e. The molecule has 2 heterocycles. The van der Waals surface area contributed by atoms with Crippen molar-refractivity contribution in [2.24, 2.45) is 11.7 Å². The lowest BCUT2D eigenvalue weighted by Crippen LogP contribution is -2.20. The number of nitrogens with two attached hydrogens (primary N) is 1. The summed E-state index contributed by atoms with van der Waals surface area (Å²) in [6.45, 7) is 1.85. The predicted molar refractivity (Wildman–Crippen MR) is 73.9 cm³/mol. The van der Waals surface area contributed by atoms with Gasteiger partial charge in [-0.2, -0.15) is 5.10 Å². The van der Waals surface area contributed by atoms with Crippen molar-refractivity contribution >= 4 is 0 Å². The Morgan fingerprint density at radius 2 is 2.32 bits per heavy atom. The monoisotopic (exact) mass is 257 g/mol.